The van der Waals surface area contributed by atoms with Gasteiger partial charge in [-0.1, -0.05) is 0 Å². The number of sulfonamides is 1. The monoisotopic (exact) mass is 292 g/mol. The fourth-order valence-electron chi connectivity index (χ4n) is 1.88. The van der Waals surface area contributed by atoms with Gasteiger partial charge in [-0.2, -0.15) is 0 Å². The number of carbonyl (C=O) groups excluding carboxylic acids is 2. The first-order valence-electron chi connectivity index (χ1n) is 6.25. The molecule has 2 N–H and O–H groups in total. The van der Waals surface area contributed by atoms with Crippen molar-refractivity contribution in [2.24, 2.45) is 11.7 Å². The Morgan fingerprint density at radius 3 is 2.32 bits per heavy atom. The van der Waals surface area contributed by atoms with E-state index in [9.17, 15) is 18.0 Å². The van der Waals surface area contributed by atoms with Crippen molar-refractivity contribution in [1.82, 2.24) is 4.31 Å². The molecular weight excluding hydrogens is 272 g/mol. The number of amides is 1. The first kappa shape index (κ1) is 15.9. The van der Waals surface area contributed by atoms with E-state index in [4.69, 9.17) is 10.5 Å². The first-order valence-corrected chi connectivity index (χ1v) is 7.86. The van der Waals surface area contributed by atoms with Crippen molar-refractivity contribution in [2.75, 3.05) is 18.8 Å². The second-order valence-electron chi connectivity index (χ2n) is 4.56. The van der Waals surface area contributed by atoms with Gasteiger partial charge in [0.2, 0.25) is 10.0 Å². The van der Waals surface area contributed by atoms with Gasteiger partial charge in [0.05, 0.1) is 11.7 Å². The summed E-state index contributed by atoms with van der Waals surface area (Å²) in [5.41, 5.74) is 5.01. The standard InChI is InChI=1S/C11H20N2O5S/c1-3-19(16,17)13-6-4-9(5-7-13)11(15)18-8(2)10(12)14/h8-9H,3-7H2,1-2H3,(H2,12,14). The normalized spacial score (nSPS) is 19.9. The van der Waals surface area contributed by atoms with E-state index in [0.29, 0.717) is 25.9 Å². The molecule has 1 unspecified atom stereocenters. The maximum absolute atomic E-state index is 11.7. The largest absolute Gasteiger partial charge is 0.452 e. The lowest BCUT2D eigenvalue weighted by atomic mass is 9.98. The Morgan fingerprint density at radius 1 is 1.37 bits per heavy atom. The summed E-state index contributed by atoms with van der Waals surface area (Å²) in [5, 5.41) is 0. The zero-order valence-electron chi connectivity index (χ0n) is 11.2. The highest BCUT2D eigenvalue weighted by molar-refractivity contribution is 7.89. The van der Waals surface area contributed by atoms with E-state index in [2.05, 4.69) is 0 Å². The zero-order chi connectivity index (χ0) is 14.6. The minimum atomic E-state index is -3.20. The van der Waals surface area contributed by atoms with Crippen LogP contribution in [0.2, 0.25) is 0 Å². The molecule has 8 heteroatoms. The summed E-state index contributed by atoms with van der Waals surface area (Å²) in [6, 6.07) is 0. The van der Waals surface area contributed by atoms with Crippen LogP contribution >= 0.6 is 0 Å². The highest BCUT2D eigenvalue weighted by atomic mass is 32.2. The van der Waals surface area contributed by atoms with Crippen LogP contribution in [0.15, 0.2) is 0 Å². The molecule has 1 rings (SSSR count). The van der Waals surface area contributed by atoms with Crippen molar-refractivity contribution in [3.8, 4) is 0 Å². The molecule has 1 amide bonds. The molecule has 0 aliphatic carbocycles. The molecular formula is C11H20N2O5S. The predicted octanol–water partition coefficient (Wildman–Crippen LogP) is -0.535. The summed E-state index contributed by atoms with van der Waals surface area (Å²) in [4.78, 5) is 22.5. The van der Waals surface area contributed by atoms with Crippen LogP contribution in [0.1, 0.15) is 26.7 Å². The Balaban J connectivity index is 2.50. The third-order valence-corrected chi connectivity index (χ3v) is 5.12. The van der Waals surface area contributed by atoms with Crippen LogP contribution in [0.3, 0.4) is 0 Å². The second-order valence-corrected chi connectivity index (χ2v) is 6.81. The maximum Gasteiger partial charge on any atom is 0.309 e. The van der Waals surface area contributed by atoms with Crippen LogP contribution in [0.25, 0.3) is 0 Å². The van der Waals surface area contributed by atoms with E-state index in [1.807, 2.05) is 0 Å². The molecule has 0 aromatic rings. The van der Waals surface area contributed by atoms with Crippen LogP contribution in [0.4, 0.5) is 0 Å². The van der Waals surface area contributed by atoms with Crippen LogP contribution in [0.5, 0.6) is 0 Å². The molecule has 7 nitrogen and oxygen atoms in total. The van der Waals surface area contributed by atoms with Crippen LogP contribution in [-0.2, 0) is 24.3 Å². The number of piperidine rings is 1. The Bertz CT molecular complexity index is 440. The van der Waals surface area contributed by atoms with Gasteiger partial charge >= 0.3 is 5.97 Å². The highest BCUT2D eigenvalue weighted by Crippen LogP contribution is 2.21. The Hall–Kier alpha value is -1.15. The number of nitrogens with zero attached hydrogens (tertiary/aromatic N) is 1. The summed E-state index contributed by atoms with van der Waals surface area (Å²) < 4.78 is 29.6. The average molecular weight is 292 g/mol. The molecule has 0 spiro atoms. The average Bonchev–Trinajstić information content (AvgIpc) is 2.38. The smallest absolute Gasteiger partial charge is 0.309 e. The molecule has 1 saturated heterocycles. The van der Waals surface area contributed by atoms with E-state index in [-0.39, 0.29) is 11.7 Å². The van der Waals surface area contributed by atoms with Gasteiger partial charge in [-0.05, 0) is 26.7 Å². The SMILES string of the molecule is CCS(=O)(=O)N1CCC(C(=O)OC(C)C(N)=O)CC1. The van der Waals surface area contributed by atoms with Gasteiger partial charge in [0.15, 0.2) is 6.10 Å². The first-order chi connectivity index (χ1) is 8.77. The zero-order valence-corrected chi connectivity index (χ0v) is 12.0. The fraction of sp³-hybridized carbons (Fsp3) is 0.818. The third-order valence-electron chi connectivity index (χ3n) is 3.24. The van der Waals surface area contributed by atoms with Crippen molar-refractivity contribution in [3.05, 3.63) is 0 Å². The molecule has 1 aliphatic heterocycles. The summed E-state index contributed by atoms with van der Waals surface area (Å²) in [7, 11) is -3.20. The van der Waals surface area contributed by atoms with Crippen LogP contribution in [-0.4, -0.2) is 49.5 Å². The molecule has 1 fully saturated rings. The lowest BCUT2D eigenvalue weighted by Crippen LogP contribution is -2.42. The minimum Gasteiger partial charge on any atom is -0.452 e. The van der Waals surface area contributed by atoms with Gasteiger partial charge in [-0.15, -0.1) is 0 Å². The minimum absolute atomic E-state index is 0.0564. The number of esters is 1. The van der Waals surface area contributed by atoms with E-state index in [1.54, 1.807) is 6.92 Å². The lowest BCUT2D eigenvalue weighted by molar-refractivity contribution is -0.159. The van der Waals surface area contributed by atoms with Gasteiger partial charge < -0.3 is 10.5 Å². The fourth-order valence-corrected chi connectivity index (χ4v) is 3.01. The van der Waals surface area contributed by atoms with Crippen LogP contribution in [0, 0.1) is 5.92 Å². The summed E-state index contributed by atoms with van der Waals surface area (Å²) >= 11 is 0. The lowest BCUT2D eigenvalue weighted by Gasteiger charge is -2.30. The molecule has 0 radical (unpaired) electrons. The number of nitrogens with two attached hydrogens (primary N) is 1. The van der Waals surface area contributed by atoms with Gasteiger partial charge in [0.25, 0.3) is 5.91 Å². The van der Waals surface area contributed by atoms with Gasteiger partial charge in [-0.25, -0.2) is 12.7 Å². The highest BCUT2D eigenvalue weighted by Gasteiger charge is 2.32. The third kappa shape index (κ3) is 4.17. The van der Waals surface area contributed by atoms with Crippen molar-refractivity contribution in [1.29, 1.82) is 0 Å². The molecule has 0 saturated carbocycles. The van der Waals surface area contributed by atoms with Gasteiger partial charge in [0, 0.05) is 13.1 Å². The Morgan fingerprint density at radius 2 is 1.89 bits per heavy atom. The number of primary amides is 1. The van der Waals surface area contributed by atoms with Crippen molar-refractivity contribution in [3.63, 3.8) is 0 Å². The number of hydrogen-bond donors (Lipinski definition) is 1. The summed E-state index contributed by atoms with van der Waals surface area (Å²) in [6.07, 6.45) is -0.141. The van der Waals surface area contributed by atoms with Crippen LogP contribution < -0.4 is 5.73 Å². The van der Waals surface area contributed by atoms with E-state index in [1.165, 1.54) is 11.2 Å². The Labute approximate surface area is 113 Å². The second kappa shape index (κ2) is 6.33. The number of ether oxygens (including phenoxy) is 1. The number of hydrogen-bond acceptors (Lipinski definition) is 5. The maximum atomic E-state index is 11.7. The van der Waals surface area contributed by atoms with Crippen molar-refractivity contribution >= 4 is 21.9 Å². The van der Waals surface area contributed by atoms with Crippen molar-refractivity contribution < 1.29 is 22.7 Å². The molecule has 110 valence electrons. The topological polar surface area (TPSA) is 107 Å². The van der Waals surface area contributed by atoms with Gasteiger partial charge in [-0.3, -0.25) is 9.59 Å². The quantitative estimate of drug-likeness (QED) is 0.685. The Kier molecular flexibility index (Phi) is 5.30. The number of rotatable bonds is 5. The summed E-state index contributed by atoms with van der Waals surface area (Å²) in [6.45, 7) is 3.61. The van der Waals surface area contributed by atoms with E-state index in [0.717, 1.165) is 0 Å². The molecule has 19 heavy (non-hydrogen) atoms. The van der Waals surface area contributed by atoms with E-state index >= 15 is 0 Å². The molecule has 1 atom stereocenters. The summed E-state index contributed by atoms with van der Waals surface area (Å²) in [5.74, 6) is -1.50. The number of carbonyl (C=O) groups is 2. The van der Waals surface area contributed by atoms with E-state index < -0.39 is 28.0 Å². The van der Waals surface area contributed by atoms with Crippen molar-refractivity contribution in [2.45, 2.75) is 32.8 Å². The van der Waals surface area contributed by atoms with Gasteiger partial charge in [0.1, 0.15) is 0 Å². The molecule has 1 aliphatic rings. The molecule has 0 bridgehead atoms. The molecule has 0 aromatic heterocycles. The molecule has 0 aromatic carbocycles. The predicted molar refractivity (Wildman–Crippen MR) is 68.5 cm³/mol. The molecule has 1 heterocycles.